The number of phenolic OH excluding ortho intramolecular Hbond substituents is 2. The molecule has 34 heavy (non-hydrogen) atoms. The maximum absolute atomic E-state index is 12.5. The van der Waals surface area contributed by atoms with Crippen molar-refractivity contribution in [2.75, 3.05) is 0 Å². The minimum absolute atomic E-state index is 0.0851. The number of phenols is 2. The van der Waals surface area contributed by atoms with Crippen molar-refractivity contribution in [2.24, 2.45) is 0 Å². The smallest absolute Gasteiger partial charge is 0.311 e. The highest BCUT2D eigenvalue weighted by Crippen LogP contribution is 2.42. The van der Waals surface area contributed by atoms with Crippen molar-refractivity contribution in [2.45, 2.75) is 78.1 Å². The molecule has 6 heteroatoms. The summed E-state index contributed by atoms with van der Waals surface area (Å²) >= 11 is 0. The largest absolute Gasteiger partial charge is 0.508 e. The molecule has 0 unspecified atom stereocenters. The molecule has 0 aliphatic rings. The van der Waals surface area contributed by atoms with Gasteiger partial charge in [-0.25, -0.2) is 0 Å². The molecular formula is C28H38O6. The highest BCUT2D eigenvalue weighted by molar-refractivity contribution is 5.73. The molecule has 0 bridgehead atoms. The molecular weight excluding hydrogens is 432 g/mol. The first-order valence-electron chi connectivity index (χ1n) is 11.1. The average molecular weight is 471 g/mol. The number of aromatic hydroxyl groups is 2. The Morgan fingerprint density at radius 3 is 1.50 bits per heavy atom. The SMILES string of the molecule is C=COC(=O)CC(C)(c1ccc(O)c(C(C)(C)C)c1)c1ccc(O)c(C(C)(C)C)c1.CC(=O)O. The summed E-state index contributed by atoms with van der Waals surface area (Å²) in [6, 6.07) is 11.0. The van der Waals surface area contributed by atoms with Crippen LogP contribution in [-0.2, 0) is 30.6 Å². The van der Waals surface area contributed by atoms with Crippen LogP contribution in [0.3, 0.4) is 0 Å². The Bertz CT molecular complexity index is 970. The molecule has 186 valence electrons. The van der Waals surface area contributed by atoms with Crippen LogP contribution < -0.4 is 0 Å². The summed E-state index contributed by atoms with van der Waals surface area (Å²) in [5.41, 5.74) is 2.11. The predicted octanol–water partition coefficient (Wildman–Crippen LogP) is 6.17. The van der Waals surface area contributed by atoms with Gasteiger partial charge in [-0.15, -0.1) is 0 Å². The van der Waals surface area contributed by atoms with Gasteiger partial charge in [0.05, 0.1) is 12.7 Å². The molecule has 0 amide bonds. The molecule has 0 aliphatic carbocycles. The van der Waals surface area contributed by atoms with Crippen molar-refractivity contribution < 1.29 is 29.6 Å². The van der Waals surface area contributed by atoms with Crippen molar-refractivity contribution in [1.29, 1.82) is 0 Å². The second kappa shape index (κ2) is 10.8. The predicted molar refractivity (Wildman–Crippen MR) is 134 cm³/mol. The van der Waals surface area contributed by atoms with Crippen LogP contribution in [-0.4, -0.2) is 27.3 Å². The van der Waals surface area contributed by atoms with Gasteiger partial charge in [-0.1, -0.05) is 79.3 Å². The van der Waals surface area contributed by atoms with Gasteiger partial charge in [0.15, 0.2) is 0 Å². The Kier molecular flexibility index (Phi) is 9.10. The average Bonchev–Trinajstić information content (AvgIpc) is 2.66. The summed E-state index contributed by atoms with van der Waals surface area (Å²) in [5.74, 6) is -0.782. The van der Waals surface area contributed by atoms with Crippen LogP contribution in [0.15, 0.2) is 49.2 Å². The molecule has 0 saturated carbocycles. The first-order valence-corrected chi connectivity index (χ1v) is 11.1. The molecule has 2 rings (SSSR count). The molecule has 6 nitrogen and oxygen atoms in total. The highest BCUT2D eigenvalue weighted by Gasteiger charge is 2.35. The number of hydrogen-bond acceptors (Lipinski definition) is 5. The van der Waals surface area contributed by atoms with E-state index in [4.69, 9.17) is 14.6 Å². The highest BCUT2D eigenvalue weighted by atomic mass is 16.5. The van der Waals surface area contributed by atoms with E-state index in [2.05, 4.69) is 6.58 Å². The number of carbonyl (C=O) groups is 2. The number of esters is 1. The second-order valence-corrected chi connectivity index (χ2v) is 10.6. The molecule has 2 aromatic carbocycles. The van der Waals surface area contributed by atoms with Crippen LogP contribution in [0.4, 0.5) is 0 Å². The van der Waals surface area contributed by atoms with Gasteiger partial charge in [0, 0.05) is 12.3 Å². The number of ether oxygens (including phenoxy) is 1. The van der Waals surface area contributed by atoms with Crippen LogP contribution in [0.5, 0.6) is 11.5 Å². The van der Waals surface area contributed by atoms with E-state index < -0.39 is 17.4 Å². The van der Waals surface area contributed by atoms with Gasteiger partial charge in [0.25, 0.3) is 5.97 Å². The van der Waals surface area contributed by atoms with Gasteiger partial charge in [-0.2, -0.15) is 0 Å². The summed E-state index contributed by atoms with van der Waals surface area (Å²) in [6.45, 7) is 18.8. The molecule has 0 aliphatic heterocycles. The number of carbonyl (C=O) groups excluding carboxylic acids is 1. The fourth-order valence-electron chi connectivity index (χ4n) is 3.75. The number of carboxylic acid groups (broad SMARTS) is 1. The molecule has 0 radical (unpaired) electrons. The number of carboxylic acids is 1. The third-order valence-electron chi connectivity index (χ3n) is 5.60. The lowest BCUT2D eigenvalue weighted by molar-refractivity contribution is -0.139. The molecule has 0 heterocycles. The van der Waals surface area contributed by atoms with Crippen LogP contribution >= 0.6 is 0 Å². The zero-order chi connectivity index (χ0) is 26.5. The Morgan fingerprint density at radius 2 is 1.21 bits per heavy atom. The maximum Gasteiger partial charge on any atom is 0.311 e. The van der Waals surface area contributed by atoms with E-state index in [-0.39, 0.29) is 28.7 Å². The molecule has 0 fully saturated rings. The Balaban J connectivity index is 0.00000133. The molecule has 0 saturated heterocycles. The van der Waals surface area contributed by atoms with E-state index in [0.29, 0.717) is 0 Å². The van der Waals surface area contributed by atoms with Gasteiger partial charge in [-0.05, 0) is 45.2 Å². The molecule has 3 N–H and O–H groups in total. The van der Waals surface area contributed by atoms with E-state index in [1.807, 2.05) is 72.7 Å². The van der Waals surface area contributed by atoms with Crippen LogP contribution in [0.1, 0.15) is 84.1 Å². The van der Waals surface area contributed by atoms with Gasteiger partial charge in [0.2, 0.25) is 0 Å². The van der Waals surface area contributed by atoms with E-state index in [0.717, 1.165) is 35.4 Å². The summed E-state index contributed by atoms with van der Waals surface area (Å²) in [4.78, 5) is 21.5. The minimum Gasteiger partial charge on any atom is -0.508 e. The van der Waals surface area contributed by atoms with E-state index >= 15 is 0 Å². The van der Waals surface area contributed by atoms with Crippen molar-refractivity contribution >= 4 is 11.9 Å². The third kappa shape index (κ3) is 7.37. The number of rotatable bonds is 5. The zero-order valence-corrected chi connectivity index (χ0v) is 21.5. The summed E-state index contributed by atoms with van der Waals surface area (Å²) in [7, 11) is 0. The van der Waals surface area contributed by atoms with Crippen LogP contribution in [0.25, 0.3) is 0 Å². The van der Waals surface area contributed by atoms with Crippen molar-refractivity contribution in [3.05, 3.63) is 71.5 Å². The first kappa shape index (κ1) is 28.8. The molecule has 0 spiro atoms. The molecule has 0 aromatic heterocycles. The lowest BCUT2D eigenvalue weighted by atomic mass is 9.70. The Labute approximate surface area is 202 Å². The lowest BCUT2D eigenvalue weighted by Gasteiger charge is -2.33. The van der Waals surface area contributed by atoms with Gasteiger partial charge >= 0.3 is 5.97 Å². The zero-order valence-electron chi connectivity index (χ0n) is 21.5. The van der Waals surface area contributed by atoms with Crippen molar-refractivity contribution in [3.63, 3.8) is 0 Å². The monoisotopic (exact) mass is 470 g/mol. The Morgan fingerprint density at radius 1 is 0.853 bits per heavy atom. The maximum atomic E-state index is 12.5. The minimum atomic E-state index is -0.833. The summed E-state index contributed by atoms with van der Waals surface area (Å²) in [6.07, 6.45) is 1.22. The van der Waals surface area contributed by atoms with Crippen molar-refractivity contribution in [1.82, 2.24) is 0 Å². The van der Waals surface area contributed by atoms with E-state index in [9.17, 15) is 15.0 Å². The first-order chi connectivity index (χ1) is 15.4. The summed E-state index contributed by atoms with van der Waals surface area (Å²) in [5, 5.41) is 28.3. The quantitative estimate of drug-likeness (QED) is 0.357. The van der Waals surface area contributed by atoms with Gasteiger partial charge in [0.1, 0.15) is 11.5 Å². The van der Waals surface area contributed by atoms with E-state index in [1.165, 1.54) is 0 Å². The van der Waals surface area contributed by atoms with Gasteiger partial charge in [-0.3, -0.25) is 9.59 Å². The fraction of sp³-hybridized carbons (Fsp3) is 0.429. The third-order valence-corrected chi connectivity index (χ3v) is 5.60. The number of aliphatic carboxylic acids is 1. The molecule has 0 atom stereocenters. The number of hydrogen-bond donors (Lipinski definition) is 3. The number of benzene rings is 2. The Hall–Kier alpha value is -3.28. The standard InChI is InChI=1S/C26H34O4.C2H4O2/c1-9-30-23(29)16-26(8,17-10-12-21(27)19(14-17)24(2,3)4)18-11-13-22(28)20(15-18)25(5,6)7;1-2(3)4/h9-15,27-28H,1,16H2,2-8H3;1H3,(H,3,4). The van der Waals surface area contributed by atoms with Crippen LogP contribution in [0, 0.1) is 0 Å². The topological polar surface area (TPSA) is 104 Å². The normalized spacial score (nSPS) is 11.8. The van der Waals surface area contributed by atoms with Gasteiger partial charge < -0.3 is 20.1 Å². The lowest BCUT2D eigenvalue weighted by Crippen LogP contribution is -2.29. The molecule has 2 aromatic rings. The van der Waals surface area contributed by atoms with E-state index in [1.54, 1.807) is 12.1 Å². The fourth-order valence-corrected chi connectivity index (χ4v) is 3.75. The summed E-state index contributed by atoms with van der Waals surface area (Å²) < 4.78 is 5.05. The second-order valence-electron chi connectivity index (χ2n) is 10.6. The van der Waals surface area contributed by atoms with Crippen LogP contribution in [0.2, 0.25) is 0 Å². The van der Waals surface area contributed by atoms with Crippen molar-refractivity contribution in [3.8, 4) is 11.5 Å².